The molecule has 1 aliphatic rings. The van der Waals surface area contributed by atoms with Crippen molar-refractivity contribution in [3.63, 3.8) is 0 Å². The van der Waals surface area contributed by atoms with Gasteiger partial charge >= 0.3 is 11.8 Å². The van der Waals surface area contributed by atoms with Gasteiger partial charge in [-0.2, -0.15) is 0 Å². The van der Waals surface area contributed by atoms with Gasteiger partial charge in [-0.25, -0.2) is 8.42 Å². The van der Waals surface area contributed by atoms with Crippen LogP contribution in [0.5, 0.6) is 0 Å². The third kappa shape index (κ3) is 3.89. The number of likely N-dealkylation sites (tertiary alicyclic amines) is 1. The molecule has 3 heterocycles. The van der Waals surface area contributed by atoms with Gasteiger partial charge in [-0.15, -0.1) is 21.5 Å². The summed E-state index contributed by atoms with van der Waals surface area (Å²) in [5.74, 6) is -0.290. The Hall–Kier alpha value is -2.43. The molecule has 146 valence electrons. The second kappa shape index (κ2) is 7.53. The number of thiophene rings is 1. The average molecular weight is 439 g/mol. The van der Waals surface area contributed by atoms with Crippen molar-refractivity contribution in [1.82, 2.24) is 15.1 Å². The minimum absolute atomic E-state index is 0.0862. The molecule has 11 heteroatoms. The van der Waals surface area contributed by atoms with Gasteiger partial charge in [-0.3, -0.25) is 9.52 Å². The molecular weight excluding hydrogens is 424 g/mol. The molecule has 4 rings (SSSR count). The zero-order valence-electron chi connectivity index (χ0n) is 14.5. The smallest absolute Gasteiger partial charge is 0.311 e. The molecule has 1 saturated heterocycles. The highest BCUT2D eigenvalue weighted by Crippen LogP contribution is 2.29. The van der Waals surface area contributed by atoms with E-state index in [-0.39, 0.29) is 21.9 Å². The lowest BCUT2D eigenvalue weighted by Gasteiger charge is -2.11. The molecule has 1 aromatic carbocycles. The van der Waals surface area contributed by atoms with Gasteiger partial charge in [0, 0.05) is 29.2 Å². The molecule has 0 radical (unpaired) electrons. The maximum atomic E-state index is 12.6. The lowest BCUT2D eigenvalue weighted by Crippen LogP contribution is -2.27. The predicted molar refractivity (Wildman–Crippen MR) is 105 cm³/mol. The Morgan fingerprint density at radius 1 is 1.18 bits per heavy atom. The second-order valence-corrected chi connectivity index (χ2v) is 9.44. The van der Waals surface area contributed by atoms with Crippen LogP contribution in [0.25, 0.3) is 11.5 Å². The summed E-state index contributed by atoms with van der Waals surface area (Å²) in [5.41, 5.74) is 0.838. The highest BCUT2D eigenvalue weighted by molar-refractivity contribution is 7.94. The molecule has 1 fully saturated rings. The minimum atomic E-state index is -3.78. The van der Waals surface area contributed by atoms with E-state index in [0.717, 1.165) is 24.2 Å². The van der Waals surface area contributed by atoms with E-state index in [4.69, 9.17) is 16.0 Å². The Bertz CT molecular complexity index is 1100. The number of rotatable bonds is 5. The maximum absolute atomic E-state index is 12.6. The van der Waals surface area contributed by atoms with Crippen molar-refractivity contribution < 1.29 is 17.6 Å². The van der Waals surface area contributed by atoms with Crippen LogP contribution in [0.2, 0.25) is 5.02 Å². The van der Waals surface area contributed by atoms with Crippen molar-refractivity contribution >= 4 is 44.6 Å². The quantitative estimate of drug-likeness (QED) is 0.653. The Balaban J connectivity index is 1.52. The lowest BCUT2D eigenvalue weighted by atomic mass is 10.3. The van der Waals surface area contributed by atoms with E-state index in [1.807, 2.05) is 0 Å². The Labute approximate surface area is 170 Å². The number of amides is 1. The average Bonchev–Trinajstić information content (AvgIpc) is 3.42. The topological polar surface area (TPSA) is 105 Å². The lowest BCUT2D eigenvalue weighted by molar-refractivity contribution is 0.0754. The third-order valence-electron chi connectivity index (χ3n) is 4.18. The summed E-state index contributed by atoms with van der Waals surface area (Å²) in [5, 5.41) is 9.79. The van der Waals surface area contributed by atoms with E-state index in [0.29, 0.717) is 29.4 Å². The largest absolute Gasteiger partial charge is 0.412 e. The monoisotopic (exact) mass is 438 g/mol. The Morgan fingerprint density at radius 3 is 2.61 bits per heavy atom. The fourth-order valence-corrected chi connectivity index (χ4v) is 5.11. The van der Waals surface area contributed by atoms with Gasteiger partial charge in [-0.1, -0.05) is 11.6 Å². The summed E-state index contributed by atoms with van der Waals surface area (Å²) in [6.07, 6.45) is 1.91. The maximum Gasteiger partial charge on any atom is 0.311 e. The zero-order chi connectivity index (χ0) is 19.7. The van der Waals surface area contributed by atoms with Gasteiger partial charge in [0.15, 0.2) is 0 Å². The number of hydrogen-bond acceptors (Lipinski definition) is 7. The van der Waals surface area contributed by atoms with Crippen molar-refractivity contribution in [1.29, 1.82) is 0 Å². The molecule has 2 aromatic heterocycles. The summed E-state index contributed by atoms with van der Waals surface area (Å²) in [4.78, 5) is 14.0. The van der Waals surface area contributed by atoms with Crippen LogP contribution in [0.1, 0.15) is 23.5 Å². The number of halogens is 1. The van der Waals surface area contributed by atoms with Gasteiger partial charge < -0.3 is 9.32 Å². The fraction of sp³-hybridized carbons (Fsp3) is 0.235. The molecule has 0 bridgehead atoms. The number of nitrogens with zero attached hydrogens (tertiary/aromatic N) is 3. The number of aromatic nitrogens is 2. The summed E-state index contributed by atoms with van der Waals surface area (Å²) in [6.45, 7) is 1.35. The van der Waals surface area contributed by atoms with Gasteiger partial charge in [0.25, 0.3) is 10.0 Å². The van der Waals surface area contributed by atoms with Crippen molar-refractivity contribution in [3.8, 4) is 11.5 Å². The molecule has 1 aliphatic heterocycles. The van der Waals surface area contributed by atoms with Crippen LogP contribution < -0.4 is 4.72 Å². The molecular formula is C17H15ClN4O4S2. The number of benzene rings is 1. The number of carbonyl (C=O) groups excluding carboxylic acids is 1. The van der Waals surface area contributed by atoms with Crippen LogP contribution in [0, 0.1) is 0 Å². The first-order chi connectivity index (χ1) is 13.4. The van der Waals surface area contributed by atoms with Crippen LogP contribution in [0.15, 0.2) is 44.3 Å². The minimum Gasteiger partial charge on any atom is -0.412 e. The van der Waals surface area contributed by atoms with E-state index in [9.17, 15) is 13.2 Å². The van der Waals surface area contributed by atoms with E-state index in [1.54, 1.807) is 34.5 Å². The summed E-state index contributed by atoms with van der Waals surface area (Å²) >= 11 is 6.83. The van der Waals surface area contributed by atoms with E-state index in [1.165, 1.54) is 6.07 Å². The number of nitrogens with one attached hydrogen (secondary N) is 1. The van der Waals surface area contributed by atoms with E-state index < -0.39 is 10.0 Å². The number of anilines is 1. The molecule has 0 atom stereocenters. The number of sulfonamides is 1. The molecule has 0 unspecified atom stereocenters. The highest BCUT2D eigenvalue weighted by atomic mass is 35.5. The molecule has 0 spiro atoms. The Morgan fingerprint density at radius 2 is 1.89 bits per heavy atom. The first-order valence-corrected chi connectivity index (χ1v) is 11.2. The third-order valence-corrected chi connectivity index (χ3v) is 7.26. The zero-order valence-corrected chi connectivity index (χ0v) is 16.9. The second-order valence-electron chi connectivity index (χ2n) is 6.18. The molecule has 8 nitrogen and oxygen atoms in total. The van der Waals surface area contributed by atoms with Crippen LogP contribution in [-0.4, -0.2) is 42.5 Å². The van der Waals surface area contributed by atoms with Crippen molar-refractivity contribution in [2.75, 3.05) is 17.8 Å². The van der Waals surface area contributed by atoms with Gasteiger partial charge in [0.2, 0.25) is 5.89 Å². The van der Waals surface area contributed by atoms with E-state index in [2.05, 4.69) is 14.9 Å². The van der Waals surface area contributed by atoms with Crippen molar-refractivity contribution in [2.45, 2.75) is 17.1 Å². The fourth-order valence-electron chi connectivity index (χ4n) is 2.77. The van der Waals surface area contributed by atoms with Crippen LogP contribution in [0.3, 0.4) is 0 Å². The van der Waals surface area contributed by atoms with Crippen molar-refractivity contribution in [3.05, 3.63) is 46.6 Å². The first kappa shape index (κ1) is 18.9. The van der Waals surface area contributed by atoms with E-state index >= 15 is 0 Å². The van der Waals surface area contributed by atoms with Crippen LogP contribution >= 0.6 is 22.9 Å². The van der Waals surface area contributed by atoms with Crippen LogP contribution in [0.4, 0.5) is 5.69 Å². The predicted octanol–water partition coefficient (Wildman–Crippen LogP) is 3.49. The Kier molecular flexibility index (Phi) is 5.09. The SMILES string of the molecule is O=C(c1nnc(-c2csc(S(=O)(=O)Nc3ccc(Cl)cc3)c2)o1)N1CCCC1. The van der Waals surface area contributed by atoms with Crippen molar-refractivity contribution in [2.24, 2.45) is 0 Å². The highest BCUT2D eigenvalue weighted by Gasteiger charge is 2.26. The molecule has 3 aromatic rings. The van der Waals surface area contributed by atoms with Gasteiger partial charge in [-0.05, 0) is 43.2 Å². The number of hydrogen-bond donors (Lipinski definition) is 1. The molecule has 1 amide bonds. The first-order valence-electron chi connectivity index (χ1n) is 8.42. The molecule has 28 heavy (non-hydrogen) atoms. The summed E-state index contributed by atoms with van der Waals surface area (Å²) in [7, 11) is -3.78. The normalized spacial score (nSPS) is 14.4. The summed E-state index contributed by atoms with van der Waals surface area (Å²) in [6, 6.07) is 7.76. The standard InChI is InChI=1S/C17H15ClN4O4S2/c18-12-3-5-13(6-4-12)21-28(24,25)14-9-11(10-27-14)15-19-20-16(26-15)17(23)22-7-1-2-8-22/h3-6,9-10,21H,1-2,7-8H2. The molecule has 0 saturated carbocycles. The molecule has 0 aliphatic carbocycles. The molecule has 1 N–H and O–H groups in total. The van der Waals surface area contributed by atoms with Gasteiger partial charge in [0.05, 0.1) is 5.56 Å². The van der Waals surface area contributed by atoms with Gasteiger partial charge in [0.1, 0.15) is 4.21 Å². The van der Waals surface area contributed by atoms with Crippen LogP contribution in [-0.2, 0) is 10.0 Å². The number of carbonyl (C=O) groups is 1. The summed E-state index contributed by atoms with van der Waals surface area (Å²) < 4.78 is 33.1.